The molecule has 2 saturated heterocycles. The summed E-state index contributed by atoms with van der Waals surface area (Å²) in [7, 11) is 7.30. The molecule has 13 heavy (non-hydrogen) atoms. The lowest BCUT2D eigenvalue weighted by molar-refractivity contribution is -0.255. The summed E-state index contributed by atoms with van der Waals surface area (Å²) < 4.78 is 5.32. The van der Waals surface area contributed by atoms with Crippen molar-refractivity contribution in [2.24, 2.45) is 0 Å². The van der Waals surface area contributed by atoms with Crippen molar-refractivity contribution in [3.63, 3.8) is 0 Å². The number of aliphatic hydroxyl groups is 2. The van der Waals surface area contributed by atoms with E-state index in [-0.39, 0.29) is 6.61 Å². The van der Waals surface area contributed by atoms with Crippen LogP contribution in [0.2, 0.25) is 0 Å². The third-order valence-corrected chi connectivity index (χ3v) is 2.60. The van der Waals surface area contributed by atoms with Crippen LogP contribution in [-0.2, 0) is 9.57 Å². The van der Waals surface area contributed by atoms with Crippen LogP contribution in [0.5, 0.6) is 0 Å². The zero-order valence-corrected chi connectivity index (χ0v) is 7.38. The van der Waals surface area contributed by atoms with Crippen molar-refractivity contribution < 1.29 is 19.8 Å². The summed E-state index contributed by atoms with van der Waals surface area (Å²) in [5.74, 6) is 0. The molecule has 2 fully saturated rings. The largest absolute Gasteiger partial charge is 0.393 e. The first-order valence-electron chi connectivity index (χ1n) is 4.19. The highest BCUT2D eigenvalue weighted by atomic mass is 16.7. The molecule has 0 saturated carbocycles. The Morgan fingerprint density at radius 2 is 2.38 bits per heavy atom. The van der Waals surface area contributed by atoms with Gasteiger partial charge in [-0.25, -0.2) is 0 Å². The first-order chi connectivity index (χ1) is 6.09. The van der Waals surface area contributed by atoms with E-state index in [1.165, 1.54) is 5.06 Å². The maximum Gasteiger partial charge on any atom is 0.134 e. The van der Waals surface area contributed by atoms with Gasteiger partial charge in [0, 0.05) is 13.1 Å². The molecule has 2 heterocycles. The third kappa shape index (κ3) is 1.21. The van der Waals surface area contributed by atoms with Crippen molar-refractivity contribution in [1.82, 2.24) is 5.06 Å². The van der Waals surface area contributed by atoms with Crippen LogP contribution in [0.3, 0.4) is 0 Å². The Balaban J connectivity index is 2.26. The van der Waals surface area contributed by atoms with Crippen LogP contribution in [0.15, 0.2) is 0 Å². The van der Waals surface area contributed by atoms with Crippen LogP contribution < -0.4 is 0 Å². The summed E-state index contributed by atoms with van der Waals surface area (Å²) in [6.45, 7) is 0.0565. The van der Waals surface area contributed by atoms with Gasteiger partial charge in [0.2, 0.25) is 0 Å². The lowest BCUT2D eigenvalue weighted by Crippen LogP contribution is -2.58. The minimum Gasteiger partial charge on any atom is -0.393 e. The number of ether oxygens (including phenoxy) is 1. The molecule has 2 radical (unpaired) electrons. The zero-order chi connectivity index (χ0) is 9.64. The van der Waals surface area contributed by atoms with E-state index in [0.717, 1.165) is 0 Å². The highest BCUT2D eigenvalue weighted by Gasteiger charge is 2.57. The Morgan fingerprint density at radius 3 is 3.00 bits per heavy atom. The Hall–Kier alpha value is -0.135. The number of hydrogen-bond donors (Lipinski definition) is 2. The summed E-state index contributed by atoms with van der Waals surface area (Å²) in [4.78, 5) is 5.25. The molecular weight excluding hydrogens is 173 g/mol. The Labute approximate surface area is 77.6 Å². The minimum atomic E-state index is -0.975. The van der Waals surface area contributed by atoms with E-state index in [2.05, 4.69) is 0 Å². The first kappa shape index (κ1) is 9.42. The number of hydrogen-bond acceptors (Lipinski definition) is 5. The van der Waals surface area contributed by atoms with Gasteiger partial charge in [0.25, 0.3) is 0 Å². The summed E-state index contributed by atoms with van der Waals surface area (Å²) in [5, 5.41) is 20.4. The Morgan fingerprint density at radius 1 is 1.69 bits per heavy atom. The Kier molecular flexibility index (Phi) is 2.12. The van der Waals surface area contributed by atoms with Crippen LogP contribution in [-0.4, -0.2) is 67.1 Å². The van der Waals surface area contributed by atoms with Gasteiger partial charge in [0.1, 0.15) is 25.7 Å². The summed E-state index contributed by atoms with van der Waals surface area (Å²) in [6, 6.07) is -0.674. The normalized spacial score (nSPS) is 51.2. The van der Waals surface area contributed by atoms with E-state index in [1.54, 1.807) is 7.05 Å². The molecule has 72 valence electrons. The fourth-order valence-corrected chi connectivity index (χ4v) is 1.94. The summed E-state index contributed by atoms with van der Waals surface area (Å²) >= 11 is 0. The first-order valence-corrected chi connectivity index (χ1v) is 4.19. The maximum atomic E-state index is 9.73. The summed E-state index contributed by atoms with van der Waals surface area (Å²) in [5.41, 5.74) is -0.975. The molecule has 5 nitrogen and oxygen atoms in total. The quantitative estimate of drug-likeness (QED) is 0.456. The molecular formula is C7H12BNO4. The van der Waals surface area contributed by atoms with Crippen LogP contribution in [0, 0.1) is 0 Å². The average molecular weight is 185 g/mol. The second-order valence-electron chi connectivity index (χ2n) is 3.61. The molecule has 2 rings (SSSR count). The topological polar surface area (TPSA) is 62.2 Å². The van der Waals surface area contributed by atoms with E-state index in [0.29, 0.717) is 6.54 Å². The molecule has 6 heteroatoms. The van der Waals surface area contributed by atoms with Gasteiger partial charge in [-0.05, 0) is 0 Å². The lowest BCUT2D eigenvalue weighted by Gasteiger charge is -2.38. The van der Waals surface area contributed by atoms with Gasteiger partial charge >= 0.3 is 0 Å². The molecule has 4 atom stereocenters. The van der Waals surface area contributed by atoms with E-state index in [9.17, 15) is 5.11 Å². The minimum absolute atomic E-state index is 0.258. The van der Waals surface area contributed by atoms with Crippen molar-refractivity contribution in [2.45, 2.75) is 23.8 Å². The van der Waals surface area contributed by atoms with Crippen LogP contribution in [0.25, 0.3) is 0 Å². The second kappa shape index (κ2) is 2.93. The fourth-order valence-electron chi connectivity index (χ4n) is 1.94. The average Bonchev–Trinajstić information content (AvgIpc) is 2.26. The van der Waals surface area contributed by atoms with Gasteiger partial charge in [-0.1, -0.05) is 0 Å². The van der Waals surface area contributed by atoms with Gasteiger partial charge in [-0.3, -0.25) is 4.84 Å². The number of aliphatic hydroxyl groups excluding tert-OH is 2. The fraction of sp³-hybridized carbons (Fsp3) is 1.00. The van der Waals surface area contributed by atoms with Crippen LogP contribution in [0.4, 0.5) is 0 Å². The lowest BCUT2D eigenvalue weighted by atomic mass is 9.88. The molecule has 2 aliphatic rings. The van der Waals surface area contributed by atoms with E-state index < -0.39 is 23.8 Å². The molecule has 0 aromatic carbocycles. The number of rotatable bonds is 1. The van der Waals surface area contributed by atoms with Crippen molar-refractivity contribution in [3.8, 4) is 0 Å². The second-order valence-corrected chi connectivity index (χ2v) is 3.61. The number of likely N-dealkylation sites (N-methyl/N-ethyl adjacent to an activating group) is 1. The predicted molar refractivity (Wildman–Crippen MR) is 44.0 cm³/mol. The number of nitrogens with zero attached hydrogens (tertiary/aromatic N) is 1. The van der Waals surface area contributed by atoms with Crippen molar-refractivity contribution in [2.75, 3.05) is 20.2 Å². The smallest absolute Gasteiger partial charge is 0.134 e. The number of hydroxylamine groups is 2. The molecule has 2 N–H and O–H groups in total. The molecule has 2 bridgehead atoms. The van der Waals surface area contributed by atoms with Gasteiger partial charge in [0.05, 0.1) is 13.2 Å². The third-order valence-electron chi connectivity index (χ3n) is 2.60. The van der Waals surface area contributed by atoms with Crippen LogP contribution >= 0.6 is 0 Å². The highest BCUT2D eigenvalue weighted by Crippen LogP contribution is 2.36. The molecule has 2 aliphatic heterocycles. The molecule has 0 aliphatic carbocycles. The highest BCUT2D eigenvalue weighted by molar-refractivity contribution is 6.11. The van der Waals surface area contributed by atoms with Crippen molar-refractivity contribution in [1.29, 1.82) is 0 Å². The van der Waals surface area contributed by atoms with E-state index in [4.69, 9.17) is 22.5 Å². The molecule has 2 unspecified atom stereocenters. The standard InChI is InChI=1S/C7H12BNO4/c1-9-2-7(3-10)5(11)4(13-9)6(8)12-7/h4-6,10-11H,2-3H2,1H3/t4?,5?,6-,7-/m1/s1. The SMILES string of the molecule is [B][C@@H]1O[C@@]2(CO)CN(C)OC1C2O. The zero-order valence-electron chi connectivity index (χ0n) is 7.38. The number of fused-ring (bicyclic) bond motifs is 2. The predicted octanol–water partition coefficient (Wildman–Crippen LogP) is -2.15. The molecule has 0 spiro atoms. The van der Waals surface area contributed by atoms with E-state index >= 15 is 0 Å². The van der Waals surface area contributed by atoms with Gasteiger partial charge in [0.15, 0.2) is 0 Å². The summed E-state index contributed by atoms with van der Waals surface area (Å²) in [6.07, 6.45) is -1.44. The molecule has 0 amide bonds. The Bertz CT molecular complexity index is 213. The van der Waals surface area contributed by atoms with Gasteiger partial charge in [-0.15, -0.1) is 0 Å². The van der Waals surface area contributed by atoms with Crippen LogP contribution in [0.1, 0.15) is 0 Å². The van der Waals surface area contributed by atoms with Gasteiger partial charge in [-0.2, -0.15) is 5.06 Å². The maximum absolute atomic E-state index is 9.73. The monoisotopic (exact) mass is 185 g/mol. The van der Waals surface area contributed by atoms with Crippen molar-refractivity contribution >= 4 is 7.85 Å². The van der Waals surface area contributed by atoms with Gasteiger partial charge < -0.3 is 14.9 Å². The van der Waals surface area contributed by atoms with Crippen molar-refractivity contribution in [3.05, 3.63) is 0 Å². The molecule has 0 aromatic heterocycles. The van der Waals surface area contributed by atoms with E-state index in [1.807, 2.05) is 0 Å². The molecule has 0 aromatic rings.